The lowest BCUT2D eigenvalue weighted by Gasteiger charge is -2.62. The van der Waals surface area contributed by atoms with Gasteiger partial charge in [-0.2, -0.15) is 0 Å². The van der Waals surface area contributed by atoms with Crippen LogP contribution in [0.25, 0.3) is 0 Å². The number of hydrogen-bond donors (Lipinski definition) is 2. The molecule has 0 saturated heterocycles. The highest BCUT2D eigenvalue weighted by molar-refractivity contribution is 5.92. The van der Waals surface area contributed by atoms with Crippen LogP contribution in [0, 0.1) is 40.4 Å². The first-order chi connectivity index (χ1) is 19.6. The molecule has 0 spiro atoms. The number of hydrogen-bond acceptors (Lipinski definition) is 6. The van der Waals surface area contributed by atoms with E-state index in [4.69, 9.17) is 14.6 Å². The minimum atomic E-state index is -0.872. The van der Waals surface area contributed by atoms with E-state index in [1.807, 2.05) is 12.1 Å². The summed E-state index contributed by atoms with van der Waals surface area (Å²) in [5, 5.41) is 19.9. The number of methoxy groups -OCH3 is 1. The van der Waals surface area contributed by atoms with Crippen molar-refractivity contribution in [3.8, 4) is 5.75 Å². The zero-order chi connectivity index (χ0) is 29.4. The fourth-order valence-corrected chi connectivity index (χ4v) is 9.59. The molecule has 0 amide bonds. The lowest BCUT2D eigenvalue weighted by Crippen LogP contribution is -2.57. The molecule has 0 aliphatic heterocycles. The van der Waals surface area contributed by atoms with Crippen molar-refractivity contribution >= 4 is 17.7 Å². The molecule has 5 rings (SSSR count). The molecule has 4 fully saturated rings. The van der Waals surface area contributed by atoms with Crippen LogP contribution in [-0.2, 0) is 20.7 Å². The van der Waals surface area contributed by atoms with Gasteiger partial charge in [-0.15, -0.1) is 0 Å². The van der Waals surface area contributed by atoms with E-state index < -0.39 is 11.9 Å². The highest BCUT2D eigenvalue weighted by atomic mass is 16.5. The molecule has 1 unspecified atom stereocenters. The Morgan fingerprint density at radius 3 is 2.59 bits per heavy atom. The fourth-order valence-electron chi connectivity index (χ4n) is 9.59. The van der Waals surface area contributed by atoms with Crippen LogP contribution < -0.4 is 4.74 Å². The molecule has 0 heterocycles. The summed E-state index contributed by atoms with van der Waals surface area (Å²) in [4.78, 5) is 35.9. The molecule has 0 aromatic heterocycles. The average molecular weight is 569 g/mol. The van der Waals surface area contributed by atoms with Crippen molar-refractivity contribution in [2.45, 2.75) is 103 Å². The van der Waals surface area contributed by atoms with Gasteiger partial charge in [0.1, 0.15) is 17.1 Å². The summed E-state index contributed by atoms with van der Waals surface area (Å²) >= 11 is 0. The molecular weight excluding hydrogens is 520 g/mol. The molecule has 4 saturated carbocycles. The van der Waals surface area contributed by atoms with Crippen molar-refractivity contribution in [3.05, 3.63) is 29.3 Å². The predicted molar refractivity (Wildman–Crippen MR) is 155 cm³/mol. The highest BCUT2D eigenvalue weighted by Crippen LogP contribution is 2.67. The van der Waals surface area contributed by atoms with Gasteiger partial charge in [0.15, 0.2) is 0 Å². The second kappa shape index (κ2) is 12.1. The number of aliphatic hydroxyl groups is 1. The number of carboxylic acids is 1. The van der Waals surface area contributed by atoms with Crippen molar-refractivity contribution in [1.29, 1.82) is 0 Å². The third-order valence-corrected chi connectivity index (χ3v) is 11.9. The first-order valence-corrected chi connectivity index (χ1v) is 15.8. The van der Waals surface area contributed by atoms with Gasteiger partial charge < -0.3 is 19.7 Å². The summed E-state index contributed by atoms with van der Waals surface area (Å²) in [6.45, 7) is 5.03. The Hall–Kier alpha value is -2.41. The maximum atomic E-state index is 12.5. The summed E-state index contributed by atoms with van der Waals surface area (Å²) in [7, 11) is 1.35. The highest BCUT2D eigenvalue weighted by Gasteiger charge is 2.62. The largest absolute Gasteiger partial charge is 0.493 e. The molecule has 0 radical (unpaired) electrons. The molecule has 8 atom stereocenters. The molecule has 1 aromatic carbocycles. The Labute approximate surface area is 244 Å². The number of aliphatic hydroxyl groups excluding tert-OH is 1. The molecule has 4 aliphatic carbocycles. The number of aryl methyl sites for hydroxylation is 1. The number of carbonyl (C=O) groups excluding carboxylic acids is 2. The van der Waals surface area contributed by atoms with Gasteiger partial charge in [-0.3, -0.25) is 9.59 Å². The van der Waals surface area contributed by atoms with Crippen molar-refractivity contribution in [2.24, 2.45) is 40.4 Å². The zero-order valence-electron chi connectivity index (χ0n) is 25.0. The Morgan fingerprint density at radius 1 is 1.05 bits per heavy atom. The van der Waals surface area contributed by atoms with E-state index >= 15 is 0 Å². The van der Waals surface area contributed by atoms with Gasteiger partial charge in [0.2, 0.25) is 0 Å². The number of aliphatic carboxylic acids is 1. The number of rotatable bonds is 10. The third-order valence-electron chi connectivity index (χ3n) is 11.9. The van der Waals surface area contributed by atoms with E-state index in [1.165, 1.54) is 13.5 Å². The van der Waals surface area contributed by atoms with Crippen molar-refractivity contribution < 1.29 is 34.1 Å². The van der Waals surface area contributed by atoms with Crippen LogP contribution >= 0.6 is 0 Å². The Bertz CT molecular complexity index is 1150. The van der Waals surface area contributed by atoms with Crippen LogP contribution in [0.1, 0.15) is 107 Å². The van der Waals surface area contributed by atoms with E-state index in [0.717, 1.165) is 69.8 Å². The van der Waals surface area contributed by atoms with Gasteiger partial charge in [-0.05, 0) is 122 Å². The molecule has 2 N–H and O–H groups in total. The van der Waals surface area contributed by atoms with Crippen LogP contribution in [0.15, 0.2) is 18.2 Å². The topological polar surface area (TPSA) is 110 Å². The third kappa shape index (κ3) is 5.80. The van der Waals surface area contributed by atoms with E-state index in [-0.39, 0.29) is 30.0 Å². The van der Waals surface area contributed by atoms with Crippen LogP contribution in [0.4, 0.5) is 0 Å². The fraction of sp³-hybridized carbons (Fsp3) is 0.735. The van der Waals surface area contributed by atoms with E-state index in [2.05, 4.69) is 13.8 Å². The minimum Gasteiger partial charge on any atom is -0.493 e. The second-order valence-electron chi connectivity index (χ2n) is 13.9. The predicted octanol–water partition coefficient (Wildman–Crippen LogP) is 6.24. The van der Waals surface area contributed by atoms with Gasteiger partial charge in [-0.1, -0.05) is 19.9 Å². The molecule has 7 nitrogen and oxygen atoms in total. The Kier molecular flexibility index (Phi) is 8.84. The van der Waals surface area contributed by atoms with Gasteiger partial charge in [-0.25, -0.2) is 4.79 Å². The number of ether oxygens (including phenoxy) is 2. The number of Topliss-reactive ketones (excluding diaryl/α,β-unsaturated/α-hetero) is 1. The minimum absolute atomic E-state index is 0.0157. The van der Waals surface area contributed by atoms with Crippen LogP contribution in [-0.4, -0.2) is 47.8 Å². The first kappa shape index (κ1) is 30.1. The summed E-state index contributed by atoms with van der Waals surface area (Å²) in [5.74, 6) is 2.33. The lowest BCUT2D eigenvalue weighted by molar-refractivity contribution is -0.156. The molecule has 0 bridgehead atoms. The summed E-state index contributed by atoms with van der Waals surface area (Å²) in [6, 6.07) is 5.64. The normalized spacial score (nSPS) is 36.1. The van der Waals surface area contributed by atoms with Gasteiger partial charge in [0.05, 0.1) is 19.8 Å². The Balaban J connectivity index is 1.30. The molecule has 1 aromatic rings. The second-order valence-corrected chi connectivity index (χ2v) is 13.9. The standard InChI is InChI=1S/C34H48O7/c1-33-15-13-24(35)20-23(33)19-22(31-26-10-12-29(36)34(26,2)16-14-27(31)33)7-4-6-21-9-11-28(25(18-21)32(39)40-3)41-17-5-8-30(37)38/h9,11,18,22-23,26-27,29,31,36H,4-8,10,12-17,19-20H2,1-3H3,(H,37,38)/t22-,23+,26+,27+,29?,31+,33+,34+/m1/s1. The van der Waals surface area contributed by atoms with Crippen LogP contribution in [0.5, 0.6) is 5.75 Å². The summed E-state index contributed by atoms with van der Waals surface area (Å²) in [5.41, 5.74) is 1.68. The zero-order valence-corrected chi connectivity index (χ0v) is 25.0. The monoisotopic (exact) mass is 568 g/mol. The van der Waals surface area contributed by atoms with Gasteiger partial charge in [0.25, 0.3) is 0 Å². The van der Waals surface area contributed by atoms with E-state index in [0.29, 0.717) is 53.1 Å². The molecule has 226 valence electrons. The van der Waals surface area contributed by atoms with Crippen molar-refractivity contribution in [1.82, 2.24) is 0 Å². The molecule has 41 heavy (non-hydrogen) atoms. The summed E-state index contributed by atoms with van der Waals surface area (Å²) in [6.07, 6.45) is 11.0. The SMILES string of the molecule is COC(=O)c1cc(CCC[C@@H]2C[C@H]3CC(=O)CC[C@]3(C)[C@H]3CC[C@]4(C)C(O)CC[C@H]4[C@H]23)ccc1OCCCC(=O)O. The van der Waals surface area contributed by atoms with Crippen molar-refractivity contribution in [3.63, 3.8) is 0 Å². The first-order valence-electron chi connectivity index (χ1n) is 15.8. The van der Waals surface area contributed by atoms with Gasteiger partial charge >= 0.3 is 11.9 Å². The number of esters is 1. The number of benzene rings is 1. The number of carbonyl (C=O) groups is 3. The van der Waals surface area contributed by atoms with Crippen LogP contribution in [0.2, 0.25) is 0 Å². The number of carboxylic acid groups (broad SMARTS) is 1. The van der Waals surface area contributed by atoms with Crippen LogP contribution in [0.3, 0.4) is 0 Å². The lowest BCUT2D eigenvalue weighted by atomic mass is 9.42. The number of fused-ring (bicyclic) bond motifs is 5. The summed E-state index contributed by atoms with van der Waals surface area (Å²) < 4.78 is 10.7. The van der Waals surface area contributed by atoms with Gasteiger partial charge in [0, 0.05) is 19.3 Å². The Morgan fingerprint density at radius 2 is 1.83 bits per heavy atom. The molecular formula is C34H48O7. The number of ketones is 1. The maximum absolute atomic E-state index is 12.5. The smallest absolute Gasteiger partial charge is 0.341 e. The quantitative estimate of drug-likeness (QED) is 0.254. The van der Waals surface area contributed by atoms with E-state index in [1.54, 1.807) is 6.07 Å². The molecule has 7 heteroatoms. The average Bonchev–Trinajstić information content (AvgIpc) is 3.25. The van der Waals surface area contributed by atoms with Crippen molar-refractivity contribution in [2.75, 3.05) is 13.7 Å². The van der Waals surface area contributed by atoms with E-state index in [9.17, 15) is 19.5 Å². The maximum Gasteiger partial charge on any atom is 0.341 e. The molecule has 4 aliphatic rings.